The molecule has 1 amide bonds. The van der Waals surface area contributed by atoms with E-state index in [1.807, 2.05) is 24.0 Å². The molecule has 0 unspecified atom stereocenters. The largest absolute Gasteiger partial charge is 0.381 e. The number of carbonyl (C=O) groups is 2. The Labute approximate surface area is 212 Å². The average Bonchev–Trinajstić information content (AvgIpc) is 2.87. The lowest BCUT2D eigenvalue weighted by Crippen LogP contribution is -2.55. The third-order valence-corrected chi connectivity index (χ3v) is 7.35. The SMILES string of the molecule is [C-]#[N+]c1cccc(C(=O)Cc2cc(Cl)cc(CN3CCN(C(=O)[C@@H]4CCCOC4)[C@@H](C)C3)c2C)c1. The minimum atomic E-state index is -0.0285. The lowest BCUT2D eigenvalue weighted by Gasteiger charge is -2.42. The summed E-state index contributed by atoms with van der Waals surface area (Å²) in [6, 6.07) is 10.8. The molecular formula is C28H32ClN3O3. The highest BCUT2D eigenvalue weighted by Crippen LogP contribution is 2.26. The fourth-order valence-electron chi connectivity index (χ4n) is 5.08. The van der Waals surface area contributed by atoms with Gasteiger partial charge in [-0.25, -0.2) is 4.85 Å². The van der Waals surface area contributed by atoms with Gasteiger partial charge in [-0.2, -0.15) is 0 Å². The molecular weight excluding hydrogens is 462 g/mol. The number of carbonyl (C=O) groups excluding carboxylic acids is 2. The van der Waals surface area contributed by atoms with E-state index in [1.54, 1.807) is 24.3 Å². The summed E-state index contributed by atoms with van der Waals surface area (Å²) in [5, 5.41) is 0.613. The Morgan fingerprint density at radius 2 is 2.00 bits per heavy atom. The van der Waals surface area contributed by atoms with Gasteiger partial charge in [0.25, 0.3) is 0 Å². The fourth-order valence-corrected chi connectivity index (χ4v) is 5.35. The zero-order chi connectivity index (χ0) is 24.9. The molecule has 2 heterocycles. The van der Waals surface area contributed by atoms with Crippen LogP contribution in [0.3, 0.4) is 0 Å². The lowest BCUT2D eigenvalue weighted by atomic mass is 9.95. The zero-order valence-electron chi connectivity index (χ0n) is 20.4. The van der Waals surface area contributed by atoms with Gasteiger partial charge in [0, 0.05) is 55.8 Å². The van der Waals surface area contributed by atoms with Gasteiger partial charge in [-0.3, -0.25) is 14.5 Å². The summed E-state index contributed by atoms with van der Waals surface area (Å²) in [5.74, 6) is 0.182. The maximum Gasteiger partial charge on any atom is 0.228 e. The number of hydrogen-bond acceptors (Lipinski definition) is 4. The van der Waals surface area contributed by atoms with Crippen molar-refractivity contribution in [3.05, 3.63) is 75.1 Å². The van der Waals surface area contributed by atoms with Gasteiger partial charge in [0.2, 0.25) is 5.91 Å². The van der Waals surface area contributed by atoms with E-state index in [2.05, 4.69) is 16.7 Å². The molecule has 184 valence electrons. The summed E-state index contributed by atoms with van der Waals surface area (Å²) >= 11 is 6.46. The average molecular weight is 494 g/mol. The standard InChI is InChI=1S/C28H32ClN3O3/c1-19-16-31(9-10-32(19)28(34)22-7-5-11-35-18-22)17-24-13-25(29)12-23(20(24)2)15-27(33)21-6-4-8-26(14-21)30-3/h4,6,8,12-14,19,22H,5,7,9-11,15-18H2,1-2H3/t19-,22+/m0/s1. The summed E-state index contributed by atoms with van der Waals surface area (Å²) in [6.45, 7) is 15.6. The van der Waals surface area contributed by atoms with Crippen LogP contribution in [0.4, 0.5) is 5.69 Å². The maximum atomic E-state index is 13.0. The molecule has 2 aliphatic heterocycles. The molecule has 0 bridgehead atoms. The first kappa shape index (κ1) is 25.4. The first-order valence-electron chi connectivity index (χ1n) is 12.2. The Morgan fingerprint density at radius 1 is 1.20 bits per heavy atom. The van der Waals surface area contributed by atoms with E-state index >= 15 is 0 Å². The molecule has 0 spiro atoms. The van der Waals surface area contributed by atoms with Crippen LogP contribution in [0.15, 0.2) is 36.4 Å². The molecule has 0 aliphatic carbocycles. The van der Waals surface area contributed by atoms with Gasteiger partial charge < -0.3 is 9.64 Å². The van der Waals surface area contributed by atoms with Crippen molar-refractivity contribution < 1.29 is 14.3 Å². The monoisotopic (exact) mass is 493 g/mol. The van der Waals surface area contributed by atoms with Gasteiger partial charge in [-0.05, 0) is 61.6 Å². The van der Waals surface area contributed by atoms with Crippen LogP contribution < -0.4 is 0 Å². The highest BCUT2D eigenvalue weighted by atomic mass is 35.5. The molecule has 2 atom stereocenters. The van der Waals surface area contributed by atoms with Crippen LogP contribution in [0.1, 0.15) is 46.8 Å². The number of nitrogens with zero attached hydrogens (tertiary/aromatic N) is 3. The fraction of sp³-hybridized carbons (Fsp3) is 0.464. The van der Waals surface area contributed by atoms with E-state index in [1.165, 1.54) is 0 Å². The first-order valence-corrected chi connectivity index (χ1v) is 12.6. The highest BCUT2D eigenvalue weighted by molar-refractivity contribution is 6.30. The molecule has 0 radical (unpaired) electrons. The lowest BCUT2D eigenvalue weighted by molar-refractivity contribution is -0.144. The maximum absolute atomic E-state index is 13.0. The van der Waals surface area contributed by atoms with Crippen molar-refractivity contribution in [1.29, 1.82) is 0 Å². The normalized spacial score (nSPS) is 20.9. The van der Waals surface area contributed by atoms with Crippen molar-refractivity contribution in [1.82, 2.24) is 9.80 Å². The van der Waals surface area contributed by atoms with Gasteiger partial charge in [0.1, 0.15) is 0 Å². The van der Waals surface area contributed by atoms with Gasteiger partial charge in [0.15, 0.2) is 11.5 Å². The predicted molar refractivity (Wildman–Crippen MR) is 137 cm³/mol. The number of piperazine rings is 1. The minimum Gasteiger partial charge on any atom is -0.381 e. The third kappa shape index (κ3) is 6.10. The number of halogens is 1. The molecule has 2 fully saturated rings. The molecule has 0 saturated carbocycles. The van der Waals surface area contributed by atoms with E-state index in [4.69, 9.17) is 22.9 Å². The van der Waals surface area contributed by atoms with Crippen molar-refractivity contribution >= 4 is 29.0 Å². The molecule has 4 rings (SSSR count). The van der Waals surface area contributed by atoms with E-state index in [0.717, 1.165) is 55.8 Å². The van der Waals surface area contributed by atoms with Crippen molar-refractivity contribution in [2.24, 2.45) is 5.92 Å². The predicted octanol–water partition coefficient (Wildman–Crippen LogP) is 5.08. The summed E-state index contributed by atoms with van der Waals surface area (Å²) in [7, 11) is 0. The first-order chi connectivity index (χ1) is 16.9. The second-order valence-corrected chi connectivity index (χ2v) is 10.1. The molecule has 0 N–H and O–H groups in total. The van der Waals surface area contributed by atoms with E-state index in [-0.39, 0.29) is 30.1 Å². The molecule has 0 aromatic heterocycles. The smallest absolute Gasteiger partial charge is 0.228 e. The van der Waals surface area contributed by atoms with E-state index < -0.39 is 0 Å². The Kier molecular flexibility index (Phi) is 8.22. The molecule has 2 aromatic carbocycles. The Hall–Kier alpha value is -2.72. The molecule has 6 nitrogen and oxygen atoms in total. The van der Waals surface area contributed by atoms with E-state index in [0.29, 0.717) is 29.4 Å². The van der Waals surface area contributed by atoms with Crippen LogP contribution >= 0.6 is 11.6 Å². The van der Waals surface area contributed by atoms with Crippen LogP contribution in [0.5, 0.6) is 0 Å². The van der Waals surface area contributed by atoms with Gasteiger partial charge in [-0.15, -0.1) is 0 Å². The van der Waals surface area contributed by atoms with Crippen LogP contribution in [0.2, 0.25) is 5.02 Å². The van der Waals surface area contributed by atoms with E-state index in [9.17, 15) is 9.59 Å². The van der Waals surface area contributed by atoms with Crippen molar-refractivity contribution in [2.45, 2.75) is 45.7 Å². The Balaban J connectivity index is 1.42. The number of rotatable bonds is 6. The van der Waals surface area contributed by atoms with Gasteiger partial charge >= 0.3 is 0 Å². The number of amides is 1. The molecule has 2 aromatic rings. The Bertz CT molecular complexity index is 1140. The van der Waals surface area contributed by atoms with Crippen LogP contribution in [0.25, 0.3) is 4.85 Å². The second-order valence-electron chi connectivity index (χ2n) is 9.64. The second kappa shape index (κ2) is 11.3. The number of hydrogen-bond donors (Lipinski definition) is 0. The summed E-state index contributed by atoms with van der Waals surface area (Å²) < 4.78 is 5.52. The molecule has 7 heteroatoms. The van der Waals surface area contributed by atoms with Gasteiger partial charge in [0.05, 0.1) is 19.1 Å². The Morgan fingerprint density at radius 3 is 2.71 bits per heavy atom. The van der Waals surface area contributed by atoms with Crippen molar-refractivity contribution in [2.75, 3.05) is 32.8 Å². The van der Waals surface area contributed by atoms with Crippen LogP contribution in [-0.2, 0) is 22.5 Å². The number of benzene rings is 2. The summed E-state index contributed by atoms with van der Waals surface area (Å²) in [6.07, 6.45) is 2.11. The van der Waals surface area contributed by atoms with Crippen molar-refractivity contribution in [3.63, 3.8) is 0 Å². The molecule has 35 heavy (non-hydrogen) atoms. The van der Waals surface area contributed by atoms with Gasteiger partial charge in [-0.1, -0.05) is 29.8 Å². The molecule has 2 aliphatic rings. The minimum absolute atomic E-state index is 0.0106. The zero-order valence-corrected chi connectivity index (χ0v) is 21.2. The summed E-state index contributed by atoms with van der Waals surface area (Å²) in [5.41, 5.74) is 4.07. The quantitative estimate of drug-likeness (QED) is 0.416. The van der Waals surface area contributed by atoms with Crippen molar-refractivity contribution in [3.8, 4) is 0 Å². The number of ether oxygens (including phenoxy) is 1. The highest BCUT2D eigenvalue weighted by Gasteiger charge is 2.33. The van der Waals surface area contributed by atoms with Crippen LogP contribution in [0, 0.1) is 19.4 Å². The number of Topliss-reactive ketones (excluding diaryl/α,β-unsaturated/α-hetero) is 1. The van der Waals surface area contributed by atoms with Crippen LogP contribution in [-0.4, -0.2) is 60.4 Å². The number of ketones is 1. The third-order valence-electron chi connectivity index (χ3n) is 7.13. The molecule has 2 saturated heterocycles. The topological polar surface area (TPSA) is 54.2 Å². The summed E-state index contributed by atoms with van der Waals surface area (Å²) in [4.78, 5) is 33.7.